The molecule has 0 aromatic heterocycles. The lowest BCUT2D eigenvalue weighted by Crippen LogP contribution is -2.14. The maximum absolute atomic E-state index is 11.2. The third-order valence-electron chi connectivity index (χ3n) is 2.28. The van der Waals surface area contributed by atoms with Crippen molar-refractivity contribution in [2.24, 2.45) is 0 Å². The Bertz CT molecular complexity index is 403. The SMILES string of the molecule is CCc1cc(Br)cc(C(O)C(=O)OC)c1O. The van der Waals surface area contributed by atoms with Gasteiger partial charge < -0.3 is 14.9 Å². The number of aryl methyl sites for hydroxylation is 1. The van der Waals surface area contributed by atoms with Gasteiger partial charge in [-0.1, -0.05) is 22.9 Å². The van der Waals surface area contributed by atoms with Crippen molar-refractivity contribution in [1.82, 2.24) is 0 Å². The second-order valence-electron chi connectivity index (χ2n) is 3.28. The van der Waals surface area contributed by atoms with Gasteiger partial charge >= 0.3 is 5.97 Å². The Morgan fingerprint density at radius 1 is 1.56 bits per heavy atom. The molecule has 0 saturated heterocycles. The first-order chi connectivity index (χ1) is 7.51. The largest absolute Gasteiger partial charge is 0.507 e. The monoisotopic (exact) mass is 288 g/mol. The van der Waals surface area contributed by atoms with Gasteiger partial charge in [0.25, 0.3) is 0 Å². The molecule has 1 aromatic rings. The number of aliphatic hydroxyl groups is 1. The van der Waals surface area contributed by atoms with Crippen LogP contribution >= 0.6 is 15.9 Å². The molecule has 0 aliphatic heterocycles. The maximum Gasteiger partial charge on any atom is 0.339 e. The first-order valence-electron chi connectivity index (χ1n) is 4.78. The molecule has 0 fully saturated rings. The fraction of sp³-hybridized carbons (Fsp3) is 0.364. The molecule has 5 heteroatoms. The maximum atomic E-state index is 11.2. The standard InChI is InChI=1S/C11H13BrO4/c1-3-6-4-7(12)5-8(9(6)13)10(14)11(15)16-2/h4-5,10,13-14H,3H2,1-2H3. The van der Waals surface area contributed by atoms with E-state index in [-0.39, 0.29) is 11.3 Å². The van der Waals surface area contributed by atoms with Gasteiger partial charge in [0.1, 0.15) is 5.75 Å². The molecule has 4 nitrogen and oxygen atoms in total. The van der Waals surface area contributed by atoms with Crippen LogP contribution < -0.4 is 0 Å². The van der Waals surface area contributed by atoms with Crippen LogP contribution in [-0.2, 0) is 16.0 Å². The number of rotatable bonds is 3. The van der Waals surface area contributed by atoms with Crippen LogP contribution in [0.2, 0.25) is 0 Å². The Labute approximate surface area is 102 Å². The molecule has 0 heterocycles. The number of carbonyl (C=O) groups is 1. The summed E-state index contributed by atoms with van der Waals surface area (Å²) in [4.78, 5) is 11.2. The number of methoxy groups -OCH3 is 1. The minimum Gasteiger partial charge on any atom is -0.507 e. The highest BCUT2D eigenvalue weighted by molar-refractivity contribution is 9.10. The molecule has 1 aromatic carbocycles. The van der Waals surface area contributed by atoms with Crippen molar-refractivity contribution in [2.75, 3.05) is 7.11 Å². The van der Waals surface area contributed by atoms with E-state index in [9.17, 15) is 15.0 Å². The van der Waals surface area contributed by atoms with Gasteiger partial charge in [0.15, 0.2) is 6.10 Å². The van der Waals surface area contributed by atoms with Crippen LogP contribution in [0.5, 0.6) is 5.75 Å². The number of aromatic hydroxyl groups is 1. The summed E-state index contributed by atoms with van der Waals surface area (Å²) in [5.74, 6) is -0.862. The van der Waals surface area contributed by atoms with Crippen LogP contribution in [0.3, 0.4) is 0 Å². The van der Waals surface area contributed by atoms with E-state index in [0.29, 0.717) is 16.5 Å². The van der Waals surface area contributed by atoms with Crippen molar-refractivity contribution in [2.45, 2.75) is 19.4 Å². The number of benzene rings is 1. The van der Waals surface area contributed by atoms with Crippen molar-refractivity contribution in [3.05, 3.63) is 27.7 Å². The van der Waals surface area contributed by atoms with Gasteiger partial charge in [-0.15, -0.1) is 0 Å². The Kier molecular flexibility index (Phi) is 4.32. The summed E-state index contributed by atoms with van der Waals surface area (Å²) in [6, 6.07) is 3.24. The zero-order chi connectivity index (χ0) is 12.3. The van der Waals surface area contributed by atoms with Gasteiger partial charge in [-0.2, -0.15) is 0 Å². The number of aliphatic hydroxyl groups excluding tert-OH is 1. The first-order valence-corrected chi connectivity index (χ1v) is 5.57. The van der Waals surface area contributed by atoms with Crippen molar-refractivity contribution >= 4 is 21.9 Å². The lowest BCUT2D eigenvalue weighted by molar-refractivity contribution is -0.150. The molecule has 0 spiro atoms. The topological polar surface area (TPSA) is 66.8 Å². The van der Waals surface area contributed by atoms with Crippen LogP contribution in [0.25, 0.3) is 0 Å². The van der Waals surface area contributed by atoms with Crippen LogP contribution in [0.4, 0.5) is 0 Å². The number of halogens is 1. The minimum atomic E-state index is -1.47. The molecule has 2 N–H and O–H groups in total. The summed E-state index contributed by atoms with van der Waals surface area (Å²) in [5, 5.41) is 19.5. The Hall–Kier alpha value is -1.07. The molecule has 0 bridgehead atoms. The second-order valence-corrected chi connectivity index (χ2v) is 4.20. The fourth-order valence-electron chi connectivity index (χ4n) is 1.40. The Morgan fingerprint density at radius 2 is 2.19 bits per heavy atom. The summed E-state index contributed by atoms with van der Waals surface area (Å²) in [6.07, 6.45) is -0.862. The van der Waals surface area contributed by atoms with E-state index in [0.717, 1.165) is 0 Å². The fourth-order valence-corrected chi connectivity index (χ4v) is 1.92. The molecule has 88 valence electrons. The second kappa shape index (κ2) is 5.32. The average molecular weight is 289 g/mol. The molecule has 1 atom stereocenters. The predicted octanol–water partition coefficient (Wildman–Crippen LogP) is 1.92. The van der Waals surface area contributed by atoms with Gasteiger partial charge in [-0.25, -0.2) is 4.79 Å². The molecule has 1 rings (SSSR count). The lowest BCUT2D eigenvalue weighted by atomic mass is 10.0. The van der Waals surface area contributed by atoms with E-state index in [1.165, 1.54) is 13.2 Å². The third-order valence-corrected chi connectivity index (χ3v) is 2.74. The van der Waals surface area contributed by atoms with Gasteiger partial charge in [-0.3, -0.25) is 0 Å². The highest BCUT2D eigenvalue weighted by Gasteiger charge is 2.23. The van der Waals surface area contributed by atoms with Gasteiger partial charge in [0, 0.05) is 10.0 Å². The van der Waals surface area contributed by atoms with E-state index in [1.807, 2.05) is 6.92 Å². The zero-order valence-electron chi connectivity index (χ0n) is 9.03. The molecule has 0 amide bonds. The summed E-state index contributed by atoms with van der Waals surface area (Å²) in [7, 11) is 1.18. The highest BCUT2D eigenvalue weighted by Crippen LogP contribution is 2.32. The molecule has 0 aliphatic rings. The lowest BCUT2D eigenvalue weighted by Gasteiger charge is -2.13. The number of esters is 1. The summed E-state index contributed by atoms with van der Waals surface area (Å²) in [6.45, 7) is 1.87. The van der Waals surface area contributed by atoms with Crippen LogP contribution in [0, 0.1) is 0 Å². The zero-order valence-corrected chi connectivity index (χ0v) is 10.6. The summed E-state index contributed by atoms with van der Waals surface area (Å²) in [5.41, 5.74) is 0.811. The van der Waals surface area contributed by atoms with Crippen molar-refractivity contribution in [3.8, 4) is 5.75 Å². The molecule has 0 radical (unpaired) electrons. The third kappa shape index (κ3) is 2.54. The molecule has 1 unspecified atom stereocenters. The number of hydrogen-bond donors (Lipinski definition) is 2. The number of carbonyl (C=O) groups excluding carboxylic acids is 1. The number of phenolic OH excluding ortho intramolecular Hbond substituents is 1. The van der Waals surface area contributed by atoms with Crippen LogP contribution in [0.1, 0.15) is 24.2 Å². The van der Waals surface area contributed by atoms with Gasteiger partial charge in [-0.05, 0) is 24.1 Å². The normalized spacial score (nSPS) is 12.2. The molecule has 0 saturated carbocycles. The van der Waals surface area contributed by atoms with Crippen molar-refractivity contribution < 1.29 is 19.7 Å². The predicted molar refractivity (Wildman–Crippen MR) is 62.2 cm³/mol. The van der Waals surface area contributed by atoms with E-state index in [1.54, 1.807) is 6.07 Å². The number of hydrogen-bond acceptors (Lipinski definition) is 4. The Morgan fingerprint density at radius 3 is 2.69 bits per heavy atom. The average Bonchev–Trinajstić information content (AvgIpc) is 2.29. The first kappa shape index (κ1) is 13.0. The van der Waals surface area contributed by atoms with Gasteiger partial charge in [0.05, 0.1) is 7.11 Å². The minimum absolute atomic E-state index is 0.0661. The van der Waals surface area contributed by atoms with Crippen molar-refractivity contribution in [3.63, 3.8) is 0 Å². The van der Waals surface area contributed by atoms with E-state index in [2.05, 4.69) is 20.7 Å². The van der Waals surface area contributed by atoms with Crippen molar-refractivity contribution in [1.29, 1.82) is 0 Å². The summed E-state index contributed by atoms with van der Waals surface area (Å²) >= 11 is 3.25. The van der Waals surface area contributed by atoms with Crippen LogP contribution in [-0.4, -0.2) is 23.3 Å². The summed E-state index contributed by atoms with van der Waals surface area (Å²) < 4.78 is 5.11. The number of phenols is 1. The van der Waals surface area contributed by atoms with E-state index < -0.39 is 12.1 Å². The highest BCUT2D eigenvalue weighted by atomic mass is 79.9. The molecule has 0 aliphatic carbocycles. The molecular formula is C11H13BrO4. The van der Waals surface area contributed by atoms with Gasteiger partial charge in [0.2, 0.25) is 0 Å². The Balaban J connectivity index is 3.22. The quantitative estimate of drug-likeness (QED) is 0.834. The van der Waals surface area contributed by atoms with Crippen LogP contribution in [0.15, 0.2) is 16.6 Å². The van der Waals surface area contributed by atoms with E-state index in [4.69, 9.17) is 0 Å². The number of ether oxygens (including phenoxy) is 1. The molecular weight excluding hydrogens is 276 g/mol. The smallest absolute Gasteiger partial charge is 0.339 e. The molecule has 16 heavy (non-hydrogen) atoms. The van der Waals surface area contributed by atoms with E-state index >= 15 is 0 Å².